The number of piperidine rings is 1. The minimum absolute atomic E-state index is 0.0836. The topological polar surface area (TPSA) is 23.5 Å². The molecule has 2 aliphatic rings. The van der Waals surface area contributed by atoms with Crippen LogP contribution in [-0.2, 0) is 0 Å². The van der Waals surface area contributed by atoms with Crippen molar-refractivity contribution in [3.05, 3.63) is 35.4 Å². The van der Waals surface area contributed by atoms with E-state index >= 15 is 0 Å². The maximum Gasteiger partial charge on any atom is 0.0695 e. The van der Waals surface area contributed by atoms with Gasteiger partial charge in [0, 0.05) is 6.04 Å². The van der Waals surface area contributed by atoms with E-state index in [1.165, 1.54) is 43.2 Å². The van der Waals surface area contributed by atoms with E-state index in [9.17, 15) is 5.11 Å². The molecule has 2 heteroatoms. The summed E-state index contributed by atoms with van der Waals surface area (Å²) in [6.07, 6.45) is 7.09. The van der Waals surface area contributed by atoms with Crippen molar-refractivity contribution in [2.45, 2.75) is 63.5 Å². The lowest BCUT2D eigenvalue weighted by atomic mass is 9.85. The second-order valence-electron chi connectivity index (χ2n) is 6.64. The Labute approximate surface area is 122 Å². The zero-order valence-corrected chi connectivity index (χ0v) is 12.6. The normalized spacial score (nSPS) is 29.5. The summed E-state index contributed by atoms with van der Waals surface area (Å²) in [6.45, 7) is 4.46. The van der Waals surface area contributed by atoms with Crippen LogP contribution in [0.15, 0.2) is 24.3 Å². The maximum atomic E-state index is 10.2. The van der Waals surface area contributed by atoms with Crippen LogP contribution in [0.5, 0.6) is 0 Å². The molecule has 110 valence electrons. The Hall–Kier alpha value is -0.860. The Morgan fingerprint density at radius 1 is 0.950 bits per heavy atom. The van der Waals surface area contributed by atoms with Gasteiger partial charge in [0.2, 0.25) is 0 Å². The van der Waals surface area contributed by atoms with Gasteiger partial charge in [-0.05, 0) is 57.2 Å². The van der Waals surface area contributed by atoms with Crippen LogP contribution in [0.25, 0.3) is 0 Å². The third-order valence-corrected chi connectivity index (χ3v) is 5.24. The molecular formula is C18H27NO. The van der Waals surface area contributed by atoms with Crippen molar-refractivity contribution in [2.75, 3.05) is 13.1 Å². The summed E-state index contributed by atoms with van der Waals surface area (Å²) in [4.78, 5) is 2.55. The van der Waals surface area contributed by atoms with Crippen molar-refractivity contribution in [1.29, 1.82) is 0 Å². The first-order valence-electron chi connectivity index (χ1n) is 8.23. The summed E-state index contributed by atoms with van der Waals surface area (Å²) in [5.41, 5.74) is 2.84. The van der Waals surface area contributed by atoms with Crippen LogP contribution in [0.1, 0.15) is 55.6 Å². The molecule has 2 atom stereocenters. The van der Waals surface area contributed by atoms with Gasteiger partial charge in [-0.3, -0.25) is 4.90 Å². The molecule has 3 rings (SSSR count). The molecule has 1 saturated heterocycles. The number of aliphatic hydroxyl groups excluding tert-OH is 1. The zero-order chi connectivity index (χ0) is 13.9. The summed E-state index contributed by atoms with van der Waals surface area (Å²) in [5, 5.41) is 10.2. The summed E-state index contributed by atoms with van der Waals surface area (Å²) >= 11 is 0. The van der Waals surface area contributed by atoms with E-state index in [-0.39, 0.29) is 6.10 Å². The summed E-state index contributed by atoms with van der Waals surface area (Å²) in [7, 11) is 0. The predicted octanol–water partition coefficient (Wildman–Crippen LogP) is 3.48. The van der Waals surface area contributed by atoms with E-state index < -0.39 is 0 Å². The number of hydrogen-bond donors (Lipinski definition) is 1. The SMILES string of the molecule is Cc1ccc(C2CCN([C@H]3CCCC[C@@H]3O)CC2)cc1. The molecule has 20 heavy (non-hydrogen) atoms. The van der Waals surface area contributed by atoms with Crippen molar-refractivity contribution in [3.8, 4) is 0 Å². The van der Waals surface area contributed by atoms with Gasteiger partial charge in [-0.1, -0.05) is 42.7 Å². The van der Waals surface area contributed by atoms with Gasteiger partial charge in [-0.15, -0.1) is 0 Å². The molecule has 1 N–H and O–H groups in total. The van der Waals surface area contributed by atoms with Crippen LogP contribution >= 0.6 is 0 Å². The molecule has 1 aromatic rings. The second-order valence-corrected chi connectivity index (χ2v) is 6.64. The first-order chi connectivity index (χ1) is 9.74. The fourth-order valence-corrected chi connectivity index (χ4v) is 3.92. The average molecular weight is 273 g/mol. The standard InChI is InChI=1S/C18H27NO/c1-14-6-8-15(9-7-14)16-10-12-19(13-11-16)17-4-2-3-5-18(17)20/h6-9,16-18,20H,2-5,10-13H2,1H3/t17-,18-/m0/s1. The first kappa shape index (κ1) is 14.1. The van der Waals surface area contributed by atoms with Gasteiger partial charge >= 0.3 is 0 Å². The van der Waals surface area contributed by atoms with Gasteiger partial charge < -0.3 is 5.11 Å². The van der Waals surface area contributed by atoms with Crippen molar-refractivity contribution in [2.24, 2.45) is 0 Å². The van der Waals surface area contributed by atoms with Crippen molar-refractivity contribution < 1.29 is 5.11 Å². The van der Waals surface area contributed by atoms with Gasteiger partial charge in [0.25, 0.3) is 0 Å². The Bertz CT molecular complexity index is 420. The molecule has 1 heterocycles. The lowest BCUT2D eigenvalue weighted by Crippen LogP contribution is -2.48. The van der Waals surface area contributed by atoms with Gasteiger partial charge in [0.15, 0.2) is 0 Å². The van der Waals surface area contributed by atoms with E-state index in [0.717, 1.165) is 19.5 Å². The molecule has 1 aliphatic heterocycles. The average Bonchev–Trinajstić information content (AvgIpc) is 2.49. The third-order valence-electron chi connectivity index (χ3n) is 5.24. The molecule has 1 saturated carbocycles. The Morgan fingerprint density at radius 2 is 1.60 bits per heavy atom. The molecule has 1 aromatic carbocycles. The van der Waals surface area contributed by atoms with E-state index in [1.807, 2.05) is 0 Å². The number of aryl methyl sites for hydroxylation is 1. The Balaban J connectivity index is 1.57. The van der Waals surface area contributed by atoms with Crippen LogP contribution in [0.3, 0.4) is 0 Å². The lowest BCUT2D eigenvalue weighted by molar-refractivity contribution is 0.00871. The predicted molar refractivity (Wildman–Crippen MR) is 83.0 cm³/mol. The molecule has 2 fully saturated rings. The highest BCUT2D eigenvalue weighted by Crippen LogP contribution is 2.32. The van der Waals surface area contributed by atoms with E-state index in [4.69, 9.17) is 0 Å². The van der Waals surface area contributed by atoms with Crippen molar-refractivity contribution in [3.63, 3.8) is 0 Å². The first-order valence-corrected chi connectivity index (χ1v) is 8.23. The monoisotopic (exact) mass is 273 g/mol. The van der Waals surface area contributed by atoms with Gasteiger partial charge in [-0.25, -0.2) is 0 Å². The van der Waals surface area contributed by atoms with Crippen molar-refractivity contribution >= 4 is 0 Å². The Kier molecular flexibility index (Phi) is 4.42. The molecule has 1 aliphatic carbocycles. The third kappa shape index (κ3) is 3.07. The smallest absolute Gasteiger partial charge is 0.0695 e. The van der Waals surface area contributed by atoms with Crippen LogP contribution in [-0.4, -0.2) is 35.2 Å². The molecular weight excluding hydrogens is 246 g/mol. The number of likely N-dealkylation sites (tertiary alicyclic amines) is 1. The highest BCUT2D eigenvalue weighted by molar-refractivity contribution is 5.25. The molecule has 0 aromatic heterocycles. The second kappa shape index (κ2) is 6.28. The molecule has 0 spiro atoms. The van der Waals surface area contributed by atoms with Gasteiger partial charge in [0.05, 0.1) is 6.10 Å². The summed E-state index contributed by atoms with van der Waals surface area (Å²) in [6, 6.07) is 9.48. The molecule has 0 amide bonds. The summed E-state index contributed by atoms with van der Waals surface area (Å²) < 4.78 is 0. The molecule has 0 unspecified atom stereocenters. The van der Waals surface area contributed by atoms with Crippen LogP contribution < -0.4 is 0 Å². The minimum atomic E-state index is -0.0836. The fourth-order valence-electron chi connectivity index (χ4n) is 3.92. The number of hydrogen-bond acceptors (Lipinski definition) is 2. The highest BCUT2D eigenvalue weighted by Gasteiger charge is 2.31. The fraction of sp³-hybridized carbons (Fsp3) is 0.667. The minimum Gasteiger partial charge on any atom is -0.391 e. The zero-order valence-electron chi connectivity index (χ0n) is 12.6. The highest BCUT2D eigenvalue weighted by atomic mass is 16.3. The maximum absolute atomic E-state index is 10.2. The van der Waals surface area contributed by atoms with Gasteiger partial charge in [-0.2, -0.15) is 0 Å². The Morgan fingerprint density at radius 3 is 2.25 bits per heavy atom. The van der Waals surface area contributed by atoms with Crippen LogP contribution in [0.2, 0.25) is 0 Å². The number of aliphatic hydroxyl groups is 1. The van der Waals surface area contributed by atoms with Crippen LogP contribution in [0, 0.1) is 6.92 Å². The van der Waals surface area contributed by atoms with E-state index in [0.29, 0.717) is 12.0 Å². The number of nitrogens with zero attached hydrogens (tertiary/aromatic N) is 1. The quantitative estimate of drug-likeness (QED) is 0.892. The molecule has 0 radical (unpaired) electrons. The lowest BCUT2D eigenvalue weighted by Gasteiger charge is -2.41. The number of benzene rings is 1. The molecule has 0 bridgehead atoms. The van der Waals surface area contributed by atoms with Crippen LogP contribution in [0.4, 0.5) is 0 Å². The molecule has 2 nitrogen and oxygen atoms in total. The number of rotatable bonds is 2. The van der Waals surface area contributed by atoms with E-state index in [2.05, 4.69) is 36.1 Å². The van der Waals surface area contributed by atoms with Gasteiger partial charge in [0.1, 0.15) is 0 Å². The van der Waals surface area contributed by atoms with Crippen molar-refractivity contribution in [1.82, 2.24) is 4.90 Å². The van der Waals surface area contributed by atoms with E-state index in [1.54, 1.807) is 0 Å². The largest absolute Gasteiger partial charge is 0.391 e. The summed E-state index contributed by atoms with van der Waals surface area (Å²) in [5.74, 6) is 0.715.